The Kier molecular flexibility index (Phi) is 4.99. The van der Waals surface area contributed by atoms with Crippen molar-refractivity contribution in [3.63, 3.8) is 0 Å². The first kappa shape index (κ1) is 15.5. The summed E-state index contributed by atoms with van der Waals surface area (Å²) >= 11 is 0. The van der Waals surface area contributed by atoms with E-state index in [1.807, 2.05) is 19.1 Å². The third kappa shape index (κ3) is 3.63. The topological polar surface area (TPSA) is 49.4 Å². The normalized spacial score (nSPS) is 18.4. The number of carbonyl (C=O) groups excluding carboxylic acids is 2. The van der Waals surface area contributed by atoms with E-state index in [0.29, 0.717) is 25.4 Å². The Morgan fingerprint density at radius 2 is 2.19 bits per heavy atom. The molecule has 4 nitrogen and oxygen atoms in total. The first-order valence-electron chi connectivity index (χ1n) is 7.71. The van der Waals surface area contributed by atoms with Gasteiger partial charge in [-0.25, -0.2) is 0 Å². The summed E-state index contributed by atoms with van der Waals surface area (Å²) < 4.78 is 0. The first-order chi connectivity index (χ1) is 10.0. The number of rotatable bonds is 5. The Balaban J connectivity index is 2.09. The quantitative estimate of drug-likeness (QED) is 0.905. The lowest BCUT2D eigenvalue weighted by Gasteiger charge is -2.18. The SMILES string of the molecule is CCCNC(=O)[C@H]1CC(=O)N(c2cccc(C(C)C)c2)C1. The number of carbonyl (C=O) groups is 2. The van der Waals surface area contributed by atoms with Gasteiger partial charge in [0.15, 0.2) is 0 Å². The number of hydrogen-bond donors (Lipinski definition) is 1. The molecule has 2 amide bonds. The van der Waals surface area contributed by atoms with Crippen LogP contribution >= 0.6 is 0 Å². The van der Waals surface area contributed by atoms with Gasteiger partial charge in [0.2, 0.25) is 11.8 Å². The molecule has 1 N–H and O–H groups in total. The standard InChI is InChI=1S/C17H24N2O2/c1-4-8-18-17(21)14-10-16(20)19(11-14)15-7-5-6-13(9-15)12(2)3/h5-7,9,12,14H,4,8,10-11H2,1-3H3,(H,18,21)/t14-/m0/s1. The number of nitrogens with one attached hydrogen (secondary N) is 1. The van der Waals surface area contributed by atoms with Gasteiger partial charge in [-0.3, -0.25) is 9.59 Å². The molecule has 0 spiro atoms. The van der Waals surface area contributed by atoms with Gasteiger partial charge in [-0.15, -0.1) is 0 Å². The predicted molar refractivity (Wildman–Crippen MR) is 84.3 cm³/mol. The second-order valence-electron chi connectivity index (χ2n) is 5.95. The summed E-state index contributed by atoms with van der Waals surface area (Å²) in [6, 6.07) is 8.04. The maximum atomic E-state index is 12.2. The predicted octanol–water partition coefficient (Wildman–Crippen LogP) is 2.69. The summed E-state index contributed by atoms with van der Waals surface area (Å²) in [5.74, 6) is 0.221. The van der Waals surface area contributed by atoms with Crippen LogP contribution in [0.2, 0.25) is 0 Å². The van der Waals surface area contributed by atoms with E-state index in [4.69, 9.17) is 0 Å². The zero-order valence-electron chi connectivity index (χ0n) is 13.1. The fourth-order valence-electron chi connectivity index (χ4n) is 2.58. The van der Waals surface area contributed by atoms with Crippen LogP contribution < -0.4 is 10.2 Å². The van der Waals surface area contributed by atoms with Crippen molar-refractivity contribution in [2.45, 2.75) is 39.5 Å². The average molecular weight is 288 g/mol. The van der Waals surface area contributed by atoms with E-state index in [1.54, 1.807) is 4.90 Å². The van der Waals surface area contributed by atoms with Crippen LogP contribution in [0.5, 0.6) is 0 Å². The van der Waals surface area contributed by atoms with Crippen molar-refractivity contribution >= 4 is 17.5 Å². The highest BCUT2D eigenvalue weighted by molar-refractivity contribution is 6.00. The van der Waals surface area contributed by atoms with Crippen LogP contribution in [0.1, 0.15) is 45.1 Å². The lowest BCUT2D eigenvalue weighted by Crippen LogP contribution is -2.33. The molecule has 0 radical (unpaired) electrons. The van der Waals surface area contributed by atoms with Gasteiger partial charge in [0.25, 0.3) is 0 Å². The van der Waals surface area contributed by atoms with Gasteiger partial charge in [0.05, 0.1) is 5.92 Å². The highest BCUT2D eigenvalue weighted by atomic mass is 16.2. The van der Waals surface area contributed by atoms with Crippen molar-refractivity contribution in [1.82, 2.24) is 5.32 Å². The molecular formula is C17H24N2O2. The van der Waals surface area contributed by atoms with E-state index in [0.717, 1.165) is 12.1 Å². The van der Waals surface area contributed by atoms with E-state index in [-0.39, 0.29) is 17.7 Å². The molecule has 1 aliphatic heterocycles. The molecule has 0 saturated carbocycles. The third-order valence-electron chi connectivity index (χ3n) is 3.89. The summed E-state index contributed by atoms with van der Waals surface area (Å²) in [6.07, 6.45) is 1.22. The average Bonchev–Trinajstić information content (AvgIpc) is 2.87. The Morgan fingerprint density at radius 1 is 1.43 bits per heavy atom. The molecule has 1 atom stereocenters. The van der Waals surface area contributed by atoms with Crippen LogP contribution in [0, 0.1) is 5.92 Å². The molecule has 1 saturated heterocycles. The minimum absolute atomic E-state index is 0.00675. The van der Waals surface area contributed by atoms with Gasteiger partial charge in [-0.05, 0) is 30.0 Å². The Labute approximate surface area is 126 Å². The smallest absolute Gasteiger partial charge is 0.227 e. The number of benzene rings is 1. The van der Waals surface area contributed by atoms with Crippen LogP contribution in [0.3, 0.4) is 0 Å². The van der Waals surface area contributed by atoms with Crippen molar-refractivity contribution in [3.8, 4) is 0 Å². The molecule has 1 aromatic carbocycles. The van der Waals surface area contributed by atoms with Crippen LogP contribution in [0.15, 0.2) is 24.3 Å². The molecule has 1 aliphatic rings. The van der Waals surface area contributed by atoms with Crippen LogP contribution in [-0.4, -0.2) is 24.9 Å². The summed E-state index contributed by atoms with van der Waals surface area (Å²) in [7, 11) is 0. The molecule has 1 fully saturated rings. The third-order valence-corrected chi connectivity index (χ3v) is 3.89. The van der Waals surface area contributed by atoms with Gasteiger partial charge < -0.3 is 10.2 Å². The molecule has 0 aromatic heterocycles. The number of nitrogens with zero attached hydrogens (tertiary/aromatic N) is 1. The largest absolute Gasteiger partial charge is 0.356 e. The van der Waals surface area contributed by atoms with Gasteiger partial charge >= 0.3 is 0 Å². The zero-order chi connectivity index (χ0) is 15.4. The number of hydrogen-bond acceptors (Lipinski definition) is 2. The zero-order valence-corrected chi connectivity index (χ0v) is 13.1. The van der Waals surface area contributed by atoms with E-state index < -0.39 is 0 Å². The molecule has 114 valence electrons. The molecule has 1 aromatic rings. The molecule has 2 rings (SSSR count). The summed E-state index contributed by atoms with van der Waals surface area (Å²) in [4.78, 5) is 25.9. The van der Waals surface area contributed by atoms with Gasteiger partial charge in [0.1, 0.15) is 0 Å². The highest BCUT2D eigenvalue weighted by Crippen LogP contribution is 2.27. The van der Waals surface area contributed by atoms with Crippen molar-refractivity contribution in [2.75, 3.05) is 18.0 Å². The lowest BCUT2D eigenvalue weighted by molar-refractivity contribution is -0.126. The second kappa shape index (κ2) is 6.74. The fraction of sp³-hybridized carbons (Fsp3) is 0.529. The van der Waals surface area contributed by atoms with Gasteiger partial charge in [0, 0.05) is 25.2 Å². The molecule has 4 heteroatoms. The molecule has 0 bridgehead atoms. The van der Waals surface area contributed by atoms with Crippen molar-refractivity contribution in [2.24, 2.45) is 5.92 Å². The number of anilines is 1. The first-order valence-corrected chi connectivity index (χ1v) is 7.71. The summed E-state index contributed by atoms with van der Waals surface area (Å²) in [5, 5.41) is 2.88. The summed E-state index contributed by atoms with van der Waals surface area (Å²) in [6.45, 7) is 7.43. The molecule has 0 aliphatic carbocycles. The van der Waals surface area contributed by atoms with Crippen LogP contribution in [-0.2, 0) is 9.59 Å². The monoisotopic (exact) mass is 288 g/mol. The van der Waals surface area contributed by atoms with Crippen LogP contribution in [0.4, 0.5) is 5.69 Å². The van der Waals surface area contributed by atoms with Crippen LogP contribution in [0.25, 0.3) is 0 Å². The van der Waals surface area contributed by atoms with E-state index in [9.17, 15) is 9.59 Å². The maximum absolute atomic E-state index is 12.2. The van der Waals surface area contributed by atoms with Crippen molar-refractivity contribution in [3.05, 3.63) is 29.8 Å². The van der Waals surface area contributed by atoms with Gasteiger partial charge in [-0.1, -0.05) is 32.9 Å². The molecule has 0 unspecified atom stereocenters. The van der Waals surface area contributed by atoms with E-state index >= 15 is 0 Å². The lowest BCUT2D eigenvalue weighted by atomic mass is 10.0. The second-order valence-corrected chi connectivity index (χ2v) is 5.95. The molecular weight excluding hydrogens is 264 g/mol. The molecule has 1 heterocycles. The van der Waals surface area contributed by atoms with Gasteiger partial charge in [-0.2, -0.15) is 0 Å². The van der Waals surface area contributed by atoms with Crippen molar-refractivity contribution < 1.29 is 9.59 Å². The Hall–Kier alpha value is -1.84. The maximum Gasteiger partial charge on any atom is 0.227 e. The molecule has 21 heavy (non-hydrogen) atoms. The minimum atomic E-state index is -0.230. The Morgan fingerprint density at radius 3 is 2.86 bits per heavy atom. The highest BCUT2D eigenvalue weighted by Gasteiger charge is 2.34. The van der Waals surface area contributed by atoms with Crippen molar-refractivity contribution in [1.29, 1.82) is 0 Å². The summed E-state index contributed by atoms with van der Waals surface area (Å²) in [5.41, 5.74) is 2.11. The van der Waals surface area contributed by atoms with E-state index in [1.165, 1.54) is 5.56 Å². The van der Waals surface area contributed by atoms with E-state index in [2.05, 4.69) is 31.3 Å². The minimum Gasteiger partial charge on any atom is -0.356 e. The Bertz CT molecular complexity index is 525. The fourth-order valence-corrected chi connectivity index (χ4v) is 2.58. The number of amides is 2.